The van der Waals surface area contributed by atoms with Gasteiger partial charge >= 0.3 is 0 Å². The van der Waals surface area contributed by atoms with Gasteiger partial charge in [-0.25, -0.2) is 10.4 Å². The molecule has 4 nitrogen and oxygen atoms in total. The average Bonchev–Trinajstić information content (AvgIpc) is 2.98. The summed E-state index contributed by atoms with van der Waals surface area (Å²) >= 11 is 15.6. The highest BCUT2D eigenvalue weighted by atomic mass is 79.9. The lowest BCUT2D eigenvalue weighted by atomic mass is 10.1. The molecule has 0 spiro atoms. The molecule has 1 fully saturated rings. The Hall–Kier alpha value is -0.590. The van der Waals surface area contributed by atoms with Crippen LogP contribution in [-0.2, 0) is 0 Å². The second kappa shape index (κ2) is 5.42. The van der Waals surface area contributed by atoms with Crippen molar-refractivity contribution < 1.29 is 0 Å². The topological polar surface area (TPSA) is 41.9 Å². The van der Waals surface area contributed by atoms with Gasteiger partial charge in [-0.15, -0.1) is 0 Å². The van der Waals surface area contributed by atoms with E-state index in [1.54, 1.807) is 10.9 Å². The van der Waals surface area contributed by atoms with E-state index >= 15 is 0 Å². The van der Waals surface area contributed by atoms with Crippen molar-refractivity contribution in [1.29, 1.82) is 0 Å². The summed E-state index contributed by atoms with van der Waals surface area (Å²) in [4.78, 5) is 4.35. The predicted molar refractivity (Wildman–Crippen MR) is 80.2 cm³/mol. The number of benzene rings is 1. The summed E-state index contributed by atoms with van der Waals surface area (Å²) in [5.41, 5.74) is 8.50. The van der Waals surface area contributed by atoms with E-state index in [2.05, 4.69) is 43.9 Å². The molecule has 1 aliphatic rings. The first-order valence-electron chi connectivity index (χ1n) is 5.78. The van der Waals surface area contributed by atoms with Crippen molar-refractivity contribution in [3.05, 3.63) is 46.5 Å². The van der Waals surface area contributed by atoms with Gasteiger partial charge in [0.2, 0.25) is 0 Å². The summed E-state index contributed by atoms with van der Waals surface area (Å²) in [6.07, 6.45) is 1.61. The van der Waals surface area contributed by atoms with Crippen LogP contribution in [0.4, 0.5) is 0 Å². The molecule has 19 heavy (non-hydrogen) atoms. The molecule has 2 heterocycles. The van der Waals surface area contributed by atoms with Crippen molar-refractivity contribution in [2.24, 2.45) is 0 Å². The van der Waals surface area contributed by atoms with Gasteiger partial charge in [0.05, 0.1) is 6.04 Å². The number of hydrogen-bond acceptors (Lipinski definition) is 3. The van der Waals surface area contributed by atoms with E-state index in [9.17, 15) is 0 Å². The van der Waals surface area contributed by atoms with Gasteiger partial charge in [0, 0.05) is 17.1 Å². The summed E-state index contributed by atoms with van der Waals surface area (Å²) in [7, 11) is 0. The molecular formula is C12H11BrCl2N4. The van der Waals surface area contributed by atoms with Gasteiger partial charge in [-0.3, -0.25) is 9.99 Å². The summed E-state index contributed by atoms with van der Waals surface area (Å²) in [5, 5.41) is 0.737. The number of alkyl halides is 1. The molecule has 0 saturated carbocycles. The first-order valence-corrected chi connectivity index (χ1v) is 7.45. The minimum atomic E-state index is 0.260. The highest BCUT2D eigenvalue weighted by molar-refractivity contribution is 9.09. The van der Waals surface area contributed by atoms with Gasteiger partial charge in [-0.1, -0.05) is 51.3 Å². The lowest BCUT2D eigenvalue weighted by Crippen LogP contribution is -2.25. The zero-order valence-corrected chi connectivity index (χ0v) is 12.9. The molecule has 1 aromatic carbocycles. The second-order valence-corrected chi connectivity index (χ2v) is 6.20. The average molecular weight is 362 g/mol. The molecule has 2 atom stereocenters. The summed E-state index contributed by atoms with van der Waals surface area (Å²) in [5.74, 6) is 0. The van der Waals surface area contributed by atoms with E-state index in [-0.39, 0.29) is 6.04 Å². The fraction of sp³-hybridized carbons (Fsp3) is 0.250. The fourth-order valence-corrected chi connectivity index (χ4v) is 3.02. The van der Waals surface area contributed by atoms with Crippen LogP contribution in [0.2, 0.25) is 10.3 Å². The van der Waals surface area contributed by atoms with E-state index in [4.69, 9.17) is 23.2 Å². The lowest BCUT2D eigenvalue weighted by molar-refractivity contribution is 0.585. The molecule has 0 bridgehead atoms. The maximum absolute atomic E-state index is 6.07. The highest BCUT2D eigenvalue weighted by Crippen LogP contribution is 2.27. The number of nitrogens with one attached hydrogen (secondary N) is 2. The molecule has 2 N–H and O–H groups in total. The number of aromatic nitrogens is 2. The molecular weight excluding hydrogens is 351 g/mol. The number of hydrazine groups is 1. The molecule has 1 saturated heterocycles. The zero-order valence-electron chi connectivity index (χ0n) is 9.78. The Morgan fingerprint density at radius 2 is 2.00 bits per heavy atom. The monoisotopic (exact) mass is 360 g/mol. The SMILES string of the molecule is Clc1ncn(-c2ccc(C3NNCC3Br)cc2)c1Cl. The van der Waals surface area contributed by atoms with Gasteiger partial charge in [-0.05, 0) is 17.7 Å². The van der Waals surface area contributed by atoms with Gasteiger partial charge in [0.15, 0.2) is 10.3 Å². The molecule has 3 rings (SSSR count). The molecule has 1 aromatic heterocycles. The molecule has 2 aromatic rings. The third kappa shape index (κ3) is 2.53. The summed E-state index contributed by atoms with van der Waals surface area (Å²) in [6.45, 7) is 0.898. The van der Waals surface area contributed by atoms with Crippen LogP contribution in [0, 0.1) is 0 Å². The van der Waals surface area contributed by atoms with Crippen LogP contribution >= 0.6 is 39.1 Å². The maximum Gasteiger partial charge on any atom is 0.166 e. The Bertz CT molecular complexity index is 584. The minimum absolute atomic E-state index is 0.260. The van der Waals surface area contributed by atoms with Crippen molar-refractivity contribution in [3.8, 4) is 5.69 Å². The molecule has 7 heteroatoms. The fourth-order valence-electron chi connectivity index (χ4n) is 2.10. The van der Waals surface area contributed by atoms with Crippen LogP contribution in [0.3, 0.4) is 0 Å². The van der Waals surface area contributed by atoms with Crippen LogP contribution in [-0.4, -0.2) is 20.9 Å². The van der Waals surface area contributed by atoms with Gasteiger partial charge in [0.1, 0.15) is 6.33 Å². The van der Waals surface area contributed by atoms with Crippen molar-refractivity contribution in [3.63, 3.8) is 0 Å². The normalized spacial score (nSPS) is 22.9. The maximum atomic E-state index is 6.07. The van der Waals surface area contributed by atoms with E-state index in [1.165, 1.54) is 5.56 Å². The third-order valence-electron chi connectivity index (χ3n) is 3.11. The van der Waals surface area contributed by atoms with Crippen molar-refractivity contribution >= 4 is 39.1 Å². The lowest BCUT2D eigenvalue weighted by Gasteiger charge is -2.14. The van der Waals surface area contributed by atoms with Crippen molar-refractivity contribution in [2.75, 3.05) is 6.54 Å². The predicted octanol–water partition coefficient (Wildman–Crippen LogP) is 3.09. The Morgan fingerprint density at radius 3 is 2.53 bits per heavy atom. The number of nitrogens with zero attached hydrogens (tertiary/aromatic N) is 2. The summed E-state index contributed by atoms with van der Waals surface area (Å²) < 4.78 is 1.75. The highest BCUT2D eigenvalue weighted by Gasteiger charge is 2.25. The van der Waals surface area contributed by atoms with Gasteiger partial charge in [-0.2, -0.15) is 0 Å². The van der Waals surface area contributed by atoms with E-state index in [0.717, 1.165) is 12.2 Å². The standard InChI is InChI=1S/C12H11BrCl2N4/c13-9-5-17-18-10(9)7-1-3-8(4-2-7)19-6-16-11(14)12(19)15/h1-4,6,9-10,17-18H,5H2. The largest absolute Gasteiger partial charge is 0.288 e. The van der Waals surface area contributed by atoms with Crippen LogP contribution in [0.1, 0.15) is 11.6 Å². The van der Waals surface area contributed by atoms with E-state index in [1.807, 2.05) is 12.1 Å². The van der Waals surface area contributed by atoms with Gasteiger partial charge in [0.25, 0.3) is 0 Å². The zero-order chi connectivity index (χ0) is 13.4. The number of hydrogen-bond donors (Lipinski definition) is 2. The van der Waals surface area contributed by atoms with Crippen molar-refractivity contribution in [1.82, 2.24) is 20.4 Å². The van der Waals surface area contributed by atoms with Crippen LogP contribution < -0.4 is 10.9 Å². The summed E-state index contributed by atoms with van der Waals surface area (Å²) in [6, 6.07) is 8.39. The quantitative estimate of drug-likeness (QED) is 0.807. The van der Waals surface area contributed by atoms with E-state index in [0.29, 0.717) is 15.1 Å². The molecule has 0 aliphatic carbocycles. The first kappa shape index (κ1) is 13.4. The van der Waals surface area contributed by atoms with Crippen LogP contribution in [0.15, 0.2) is 30.6 Å². The van der Waals surface area contributed by atoms with Crippen molar-refractivity contribution in [2.45, 2.75) is 10.9 Å². The molecule has 100 valence electrons. The van der Waals surface area contributed by atoms with Crippen LogP contribution in [0.25, 0.3) is 5.69 Å². The molecule has 2 unspecified atom stereocenters. The molecule has 0 amide bonds. The van der Waals surface area contributed by atoms with Crippen LogP contribution in [0.5, 0.6) is 0 Å². The Morgan fingerprint density at radius 1 is 1.26 bits per heavy atom. The third-order valence-corrected chi connectivity index (χ3v) is 4.70. The Labute approximate surface area is 129 Å². The first-order chi connectivity index (χ1) is 9.16. The number of imidazole rings is 1. The second-order valence-electron chi connectivity index (χ2n) is 4.31. The van der Waals surface area contributed by atoms with E-state index < -0.39 is 0 Å². The Balaban J connectivity index is 1.88. The molecule has 1 aliphatic heterocycles. The number of rotatable bonds is 2. The Kier molecular flexibility index (Phi) is 3.82. The van der Waals surface area contributed by atoms with Gasteiger partial charge < -0.3 is 0 Å². The smallest absolute Gasteiger partial charge is 0.166 e. The minimum Gasteiger partial charge on any atom is -0.288 e. The number of halogens is 3. The molecule has 0 radical (unpaired) electrons.